The second-order valence-corrected chi connectivity index (χ2v) is 6.97. The maximum Gasteiger partial charge on any atom is 0.246 e. The van der Waals surface area contributed by atoms with Crippen molar-refractivity contribution < 1.29 is 9.18 Å². The molecule has 1 aliphatic rings. The van der Waals surface area contributed by atoms with Gasteiger partial charge in [-0.15, -0.1) is 0 Å². The molecular formula is C23H27FN2O. The molecule has 0 unspecified atom stereocenters. The van der Waals surface area contributed by atoms with Gasteiger partial charge >= 0.3 is 0 Å². The monoisotopic (exact) mass is 366 g/mol. The van der Waals surface area contributed by atoms with E-state index in [0.717, 1.165) is 30.8 Å². The fourth-order valence-corrected chi connectivity index (χ4v) is 3.29. The maximum atomic E-state index is 13.0. The van der Waals surface area contributed by atoms with Gasteiger partial charge in [0.1, 0.15) is 5.82 Å². The van der Waals surface area contributed by atoms with E-state index in [9.17, 15) is 9.18 Å². The Hall–Kier alpha value is -2.62. The van der Waals surface area contributed by atoms with Gasteiger partial charge in [0, 0.05) is 37.9 Å². The zero-order chi connectivity index (χ0) is 19.1. The fourth-order valence-electron chi connectivity index (χ4n) is 3.29. The third-order valence-electron chi connectivity index (χ3n) is 5.00. The lowest BCUT2D eigenvalue weighted by Crippen LogP contribution is -2.48. The number of aryl methyl sites for hydroxylation is 1. The lowest BCUT2D eigenvalue weighted by Gasteiger charge is -2.35. The van der Waals surface area contributed by atoms with Gasteiger partial charge in [0.2, 0.25) is 5.91 Å². The van der Waals surface area contributed by atoms with Crippen molar-refractivity contribution in [2.45, 2.75) is 26.2 Å². The van der Waals surface area contributed by atoms with Gasteiger partial charge in [0.15, 0.2) is 0 Å². The van der Waals surface area contributed by atoms with Crippen molar-refractivity contribution in [3.8, 4) is 0 Å². The molecule has 0 atom stereocenters. The number of unbranched alkanes of at least 4 members (excludes halogenated alkanes) is 1. The van der Waals surface area contributed by atoms with Crippen LogP contribution in [-0.2, 0) is 11.2 Å². The van der Waals surface area contributed by atoms with Crippen LogP contribution >= 0.6 is 0 Å². The van der Waals surface area contributed by atoms with Crippen LogP contribution in [0.4, 0.5) is 10.1 Å². The summed E-state index contributed by atoms with van der Waals surface area (Å²) in [5.41, 5.74) is 3.40. The lowest BCUT2D eigenvalue weighted by atomic mass is 10.1. The van der Waals surface area contributed by atoms with Crippen molar-refractivity contribution in [3.63, 3.8) is 0 Å². The topological polar surface area (TPSA) is 23.6 Å². The molecule has 0 N–H and O–H groups in total. The van der Waals surface area contributed by atoms with E-state index in [1.54, 1.807) is 18.2 Å². The molecule has 3 rings (SSSR count). The molecule has 1 aliphatic heterocycles. The van der Waals surface area contributed by atoms with Gasteiger partial charge < -0.3 is 9.80 Å². The van der Waals surface area contributed by atoms with Crippen molar-refractivity contribution in [1.29, 1.82) is 0 Å². The van der Waals surface area contributed by atoms with Crippen molar-refractivity contribution >= 4 is 17.7 Å². The summed E-state index contributed by atoms with van der Waals surface area (Å²) in [7, 11) is 0. The molecule has 2 aromatic carbocycles. The molecule has 0 aliphatic carbocycles. The zero-order valence-electron chi connectivity index (χ0n) is 15.9. The van der Waals surface area contributed by atoms with E-state index in [1.165, 1.54) is 30.5 Å². The number of rotatable bonds is 6. The van der Waals surface area contributed by atoms with E-state index < -0.39 is 0 Å². The molecule has 1 saturated heterocycles. The first-order valence-electron chi connectivity index (χ1n) is 9.72. The predicted molar refractivity (Wildman–Crippen MR) is 109 cm³/mol. The van der Waals surface area contributed by atoms with Gasteiger partial charge in [-0.3, -0.25) is 4.79 Å². The highest BCUT2D eigenvalue weighted by molar-refractivity contribution is 5.92. The number of carbonyl (C=O) groups excluding carboxylic acids is 1. The number of hydrogen-bond donors (Lipinski definition) is 0. The highest BCUT2D eigenvalue weighted by Crippen LogP contribution is 2.17. The molecule has 0 spiro atoms. The largest absolute Gasteiger partial charge is 0.368 e. The van der Waals surface area contributed by atoms with Gasteiger partial charge in [0.05, 0.1) is 0 Å². The number of nitrogens with zero attached hydrogens (tertiary/aromatic N) is 2. The fraction of sp³-hybridized carbons (Fsp3) is 0.348. The Labute approximate surface area is 161 Å². The highest BCUT2D eigenvalue weighted by atomic mass is 19.1. The summed E-state index contributed by atoms with van der Waals surface area (Å²) in [6, 6.07) is 14.9. The van der Waals surface area contributed by atoms with E-state index in [1.807, 2.05) is 11.0 Å². The number of benzene rings is 2. The van der Waals surface area contributed by atoms with Crippen LogP contribution in [0.15, 0.2) is 54.6 Å². The Morgan fingerprint density at radius 3 is 2.30 bits per heavy atom. The van der Waals surface area contributed by atoms with Crippen LogP contribution in [0.3, 0.4) is 0 Å². The lowest BCUT2D eigenvalue weighted by molar-refractivity contribution is -0.126. The van der Waals surface area contributed by atoms with E-state index in [2.05, 4.69) is 36.1 Å². The van der Waals surface area contributed by atoms with E-state index >= 15 is 0 Å². The van der Waals surface area contributed by atoms with Gasteiger partial charge in [-0.05, 0) is 54.3 Å². The van der Waals surface area contributed by atoms with E-state index in [4.69, 9.17) is 0 Å². The third kappa shape index (κ3) is 5.43. The molecule has 0 bridgehead atoms. The van der Waals surface area contributed by atoms with Crippen LogP contribution < -0.4 is 4.90 Å². The summed E-state index contributed by atoms with van der Waals surface area (Å²) in [6.45, 7) is 5.07. The first kappa shape index (κ1) is 19.2. The standard InChI is InChI=1S/C23H27FN2O/c1-2-3-4-19-5-7-20(8-6-19)9-14-23(27)26-17-15-25(16-18-26)22-12-10-21(24)11-13-22/h5-14H,2-4,15-18H2,1H3. The van der Waals surface area contributed by atoms with Crippen LogP contribution in [0.5, 0.6) is 0 Å². The summed E-state index contributed by atoms with van der Waals surface area (Å²) in [6.07, 6.45) is 7.06. The van der Waals surface area contributed by atoms with Crippen LogP contribution in [0, 0.1) is 5.82 Å². The minimum Gasteiger partial charge on any atom is -0.368 e. The molecule has 0 saturated carbocycles. The molecule has 1 amide bonds. The van der Waals surface area contributed by atoms with E-state index in [0.29, 0.717) is 13.1 Å². The summed E-state index contributed by atoms with van der Waals surface area (Å²) >= 11 is 0. The van der Waals surface area contributed by atoms with Crippen LogP contribution in [0.1, 0.15) is 30.9 Å². The Kier molecular flexibility index (Phi) is 6.64. The molecule has 3 nitrogen and oxygen atoms in total. The van der Waals surface area contributed by atoms with E-state index in [-0.39, 0.29) is 11.7 Å². The number of carbonyl (C=O) groups is 1. The van der Waals surface area contributed by atoms with Gasteiger partial charge in [-0.1, -0.05) is 37.6 Å². The van der Waals surface area contributed by atoms with Crippen molar-refractivity contribution in [2.24, 2.45) is 0 Å². The maximum absolute atomic E-state index is 13.0. The Bertz CT molecular complexity index is 760. The Balaban J connectivity index is 1.50. The zero-order valence-corrected chi connectivity index (χ0v) is 15.9. The summed E-state index contributed by atoms with van der Waals surface area (Å²) in [5, 5.41) is 0. The third-order valence-corrected chi connectivity index (χ3v) is 5.00. The minimum atomic E-state index is -0.226. The second kappa shape index (κ2) is 9.36. The van der Waals surface area contributed by atoms with Gasteiger partial charge in [-0.25, -0.2) is 4.39 Å². The molecule has 27 heavy (non-hydrogen) atoms. The summed E-state index contributed by atoms with van der Waals surface area (Å²) < 4.78 is 13.0. The number of halogens is 1. The summed E-state index contributed by atoms with van der Waals surface area (Å²) in [4.78, 5) is 16.5. The van der Waals surface area contributed by atoms with Crippen LogP contribution in [0.2, 0.25) is 0 Å². The quantitative estimate of drug-likeness (QED) is 0.701. The molecule has 2 aromatic rings. The Morgan fingerprint density at radius 1 is 1.00 bits per heavy atom. The summed E-state index contributed by atoms with van der Waals surface area (Å²) in [5.74, 6) is -0.181. The number of hydrogen-bond acceptors (Lipinski definition) is 2. The number of anilines is 1. The number of amides is 1. The molecule has 0 aromatic heterocycles. The molecule has 0 radical (unpaired) electrons. The first-order chi connectivity index (χ1) is 13.2. The predicted octanol–water partition coefficient (Wildman–Crippen LogP) is 4.53. The smallest absolute Gasteiger partial charge is 0.246 e. The van der Waals surface area contributed by atoms with Crippen LogP contribution in [0.25, 0.3) is 6.08 Å². The van der Waals surface area contributed by atoms with Crippen molar-refractivity contribution in [3.05, 3.63) is 71.6 Å². The molecule has 142 valence electrons. The normalized spacial score (nSPS) is 14.7. The molecular weight excluding hydrogens is 339 g/mol. The van der Waals surface area contributed by atoms with Crippen molar-refractivity contribution in [1.82, 2.24) is 4.90 Å². The van der Waals surface area contributed by atoms with Gasteiger partial charge in [0.25, 0.3) is 0 Å². The first-order valence-corrected chi connectivity index (χ1v) is 9.72. The van der Waals surface area contributed by atoms with Crippen LogP contribution in [-0.4, -0.2) is 37.0 Å². The molecule has 4 heteroatoms. The SMILES string of the molecule is CCCCc1ccc(C=CC(=O)N2CCN(c3ccc(F)cc3)CC2)cc1. The highest BCUT2D eigenvalue weighted by Gasteiger charge is 2.19. The number of piperazine rings is 1. The Morgan fingerprint density at radius 2 is 1.67 bits per heavy atom. The van der Waals surface area contributed by atoms with Crippen molar-refractivity contribution in [2.75, 3.05) is 31.1 Å². The van der Waals surface area contributed by atoms with Gasteiger partial charge in [-0.2, -0.15) is 0 Å². The average molecular weight is 366 g/mol. The minimum absolute atomic E-state index is 0.0452. The molecule has 1 fully saturated rings. The average Bonchev–Trinajstić information content (AvgIpc) is 2.72. The second-order valence-electron chi connectivity index (χ2n) is 6.97. The molecule has 1 heterocycles.